The van der Waals surface area contributed by atoms with Crippen molar-refractivity contribution in [3.8, 4) is 11.5 Å². The van der Waals surface area contributed by atoms with Gasteiger partial charge in [0.25, 0.3) is 0 Å². The molecule has 2 N–H and O–H groups in total. The van der Waals surface area contributed by atoms with Gasteiger partial charge in [0.2, 0.25) is 6.79 Å². The van der Waals surface area contributed by atoms with Crippen LogP contribution in [0.1, 0.15) is 38.7 Å². The van der Waals surface area contributed by atoms with Crippen LogP contribution in [-0.2, 0) is 4.43 Å². The number of fused-ring (bicyclic) bond motifs is 1. The zero-order chi connectivity index (χ0) is 16.4. The van der Waals surface area contributed by atoms with Crippen LogP contribution in [-0.4, -0.2) is 28.3 Å². The highest BCUT2D eigenvalue weighted by molar-refractivity contribution is 6.74. The highest BCUT2D eigenvalue weighted by Crippen LogP contribution is 2.38. The van der Waals surface area contributed by atoms with E-state index in [1.54, 1.807) is 0 Å². The van der Waals surface area contributed by atoms with E-state index in [0.717, 1.165) is 24.5 Å². The molecule has 0 aromatic heterocycles. The normalized spacial score (nSPS) is 15.9. The number of hydrogen-bond acceptors (Lipinski definition) is 4. The van der Waals surface area contributed by atoms with Crippen molar-refractivity contribution in [3.05, 3.63) is 23.8 Å². The minimum atomic E-state index is -1.69. The minimum absolute atomic E-state index is 0.240. The van der Waals surface area contributed by atoms with Gasteiger partial charge in [-0.2, -0.15) is 0 Å². The number of benzene rings is 1. The fourth-order valence-corrected chi connectivity index (χ4v) is 3.32. The van der Waals surface area contributed by atoms with Gasteiger partial charge in [0.05, 0.1) is 0 Å². The summed E-state index contributed by atoms with van der Waals surface area (Å²) in [5.74, 6) is 1.93. The Hall–Kier alpha value is -1.04. The molecule has 1 aromatic carbocycles. The summed E-state index contributed by atoms with van der Waals surface area (Å²) in [7, 11) is -1.69. The lowest BCUT2D eigenvalue weighted by Crippen LogP contribution is -2.41. The summed E-state index contributed by atoms with van der Waals surface area (Å²) in [5.41, 5.74) is 7.17. The van der Waals surface area contributed by atoms with E-state index in [1.165, 1.54) is 5.56 Å². The average molecular weight is 324 g/mol. The summed E-state index contributed by atoms with van der Waals surface area (Å²) < 4.78 is 17.1. The van der Waals surface area contributed by atoms with Crippen molar-refractivity contribution in [3.63, 3.8) is 0 Å². The smallest absolute Gasteiger partial charge is 0.231 e. The van der Waals surface area contributed by atoms with Gasteiger partial charge in [-0.25, -0.2) is 0 Å². The van der Waals surface area contributed by atoms with E-state index in [4.69, 9.17) is 19.6 Å². The molecule has 1 aliphatic rings. The zero-order valence-corrected chi connectivity index (χ0v) is 15.4. The molecule has 0 saturated carbocycles. The van der Waals surface area contributed by atoms with Gasteiger partial charge in [-0.1, -0.05) is 26.8 Å². The second-order valence-corrected chi connectivity index (χ2v) is 12.3. The molecule has 4 nitrogen and oxygen atoms in total. The van der Waals surface area contributed by atoms with Crippen LogP contribution in [0.5, 0.6) is 11.5 Å². The van der Waals surface area contributed by atoms with Crippen molar-refractivity contribution in [2.75, 3.05) is 19.9 Å². The van der Waals surface area contributed by atoms with Crippen molar-refractivity contribution in [2.45, 2.75) is 51.2 Å². The summed E-state index contributed by atoms with van der Waals surface area (Å²) in [6, 6.07) is 6.10. The van der Waals surface area contributed by atoms with Crippen LogP contribution in [0, 0.1) is 0 Å². The molecule has 1 aliphatic heterocycles. The Morgan fingerprint density at radius 1 is 1.23 bits per heavy atom. The minimum Gasteiger partial charge on any atom is -0.454 e. The maximum absolute atomic E-state index is 6.27. The molecule has 1 heterocycles. The van der Waals surface area contributed by atoms with Crippen molar-refractivity contribution in [1.29, 1.82) is 0 Å². The second kappa shape index (κ2) is 6.60. The summed E-state index contributed by atoms with van der Waals surface area (Å²) >= 11 is 0. The fraction of sp³-hybridized carbons (Fsp3) is 0.647. The molecule has 124 valence electrons. The molecule has 0 bridgehead atoms. The van der Waals surface area contributed by atoms with E-state index in [1.807, 2.05) is 12.1 Å². The quantitative estimate of drug-likeness (QED) is 0.807. The summed E-state index contributed by atoms with van der Waals surface area (Å²) in [5, 5.41) is 0.240. The van der Waals surface area contributed by atoms with Gasteiger partial charge < -0.3 is 19.6 Å². The lowest BCUT2D eigenvalue weighted by molar-refractivity contribution is 0.174. The molecule has 0 amide bonds. The molecule has 2 rings (SSSR count). The Bertz CT molecular complexity index is 511. The van der Waals surface area contributed by atoms with E-state index in [-0.39, 0.29) is 5.04 Å². The molecule has 22 heavy (non-hydrogen) atoms. The van der Waals surface area contributed by atoms with Crippen molar-refractivity contribution in [1.82, 2.24) is 0 Å². The molecule has 0 saturated heterocycles. The average Bonchev–Trinajstić information content (AvgIpc) is 2.89. The van der Waals surface area contributed by atoms with Gasteiger partial charge in [0.15, 0.2) is 19.8 Å². The van der Waals surface area contributed by atoms with Crippen LogP contribution in [0.15, 0.2) is 18.2 Å². The van der Waals surface area contributed by atoms with Crippen LogP contribution >= 0.6 is 0 Å². The molecule has 0 spiro atoms. The Kier molecular flexibility index (Phi) is 5.20. The topological polar surface area (TPSA) is 53.7 Å². The van der Waals surface area contributed by atoms with Crippen molar-refractivity contribution < 1.29 is 13.9 Å². The van der Waals surface area contributed by atoms with Gasteiger partial charge >= 0.3 is 0 Å². The monoisotopic (exact) mass is 323 g/mol. The molecule has 1 aromatic rings. The van der Waals surface area contributed by atoms with Crippen LogP contribution in [0.4, 0.5) is 0 Å². The molecular weight excluding hydrogens is 294 g/mol. The van der Waals surface area contributed by atoms with Gasteiger partial charge in [-0.15, -0.1) is 0 Å². The summed E-state index contributed by atoms with van der Waals surface area (Å²) in [6.45, 7) is 13.0. The first-order chi connectivity index (χ1) is 10.2. The van der Waals surface area contributed by atoms with Crippen molar-refractivity contribution >= 4 is 8.32 Å². The molecule has 1 unspecified atom stereocenters. The summed E-state index contributed by atoms with van der Waals surface area (Å²) in [6.07, 6.45) is 0.933. The molecule has 0 radical (unpaired) electrons. The Morgan fingerprint density at radius 2 is 1.91 bits per heavy atom. The maximum Gasteiger partial charge on any atom is 0.231 e. The molecule has 0 aliphatic carbocycles. The third-order valence-corrected chi connectivity index (χ3v) is 9.43. The van der Waals surface area contributed by atoms with Crippen molar-refractivity contribution in [2.24, 2.45) is 5.73 Å². The third kappa shape index (κ3) is 3.83. The van der Waals surface area contributed by atoms with E-state index in [9.17, 15) is 0 Å². The highest BCUT2D eigenvalue weighted by atomic mass is 28.4. The number of ether oxygens (including phenoxy) is 2. The Labute approximate surface area is 135 Å². The van der Waals surface area contributed by atoms with E-state index >= 15 is 0 Å². The second-order valence-electron chi connectivity index (χ2n) is 7.44. The van der Waals surface area contributed by atoms with Crippen LogP contribution < -0.4 is 15.2 Å². The Balaban J connectivity index is 1.96. The zero-order valence-electron chi connectivity index (χ0n) is 14.4. The van der Waals surface area contributed by atoms with Gasteiger partial charge in [-0.05, 0) is 54.7 Å². The lowest BCUT2D eigenvalue weighted by Gasteiger charge is -2.36. The first kappa shape index (κ1) is 17.3. The molecule has 5 heteroatoms. The van der Waals surface area contributed by atoms with Gasteiger partial charge in [0, 0.05) is 6.61 Å². The number of hydrogen-bond donors (Lipinski definition) is 1. The maximum atomic E-state index is 6.27. The SMILES string of the molecule is CC(C)(C)[Si](C)(C)OCCC(CN)c1ccc2c(c1)OCO2. The fourth-order valence-electron chi connectivity index (χ4n) is 2.26. The van der Waals surface area contributed by atoms with Crippen LogP contribution in [0.3, 0.4) is 0 Å². The third-order valence-electron chi connectivity index (χ3n) is 4.89. The lowest BCUT2D eigenvalue weighted by atomic mass is 9.96. The Morgan fingerprint density at radius 3 is 2.55 bits per heavy atom. The van der Waals surface area contributed by atoms with Gasteiger partial charge in [-0.3, -0.25) is 0 Å². The van der Waals surface area contributed by atoms with E-state index in [0.29, 0.717) is 19.3 Å². The van der Waals surface area contributed by atoms with E-state index < -0.39 is 8.32 Å². The first-order valence-corrected chi connectivity index (χ1v) is 10.9. The molecule has 0 fully saturated rings. The molecular formula is C17H29NO3Si. The number of nitrogens with two attached hydrogens (primary N) is 1. The standard InChI is InChI=1S/C17H29NO3Si/c1-17(2,3)22(4,5)21-9-8-14(11-18)13-6-7-15-16(10-13)20-12-19-15/h6-7,10,14H,8-9,11-12,18H2,1-5H3. The number of rotatable bonds is 6. The first-order valence-electron chi connectivity index (χ1n) is 7.98. The van der Waals surface area contributed by atoms with Crippen LogP contribution in [0.25, 0.3) is 0 Å². The predicted molar refractivity (Wildman–Crippen MR) is 92.1 cm³/mol. The van der Waals surface area contributed by atoms with Crippen LogP contribution in [0.2, 0.25) is 18.1 Å². The predicted octanol–water partition coefficient (Wildman–Crippen LogP) is 3.87. The largest absolute Gasteiger partial charge is 0.454 e. The summed E-state index contributed by atoms with van der Waals surface area (Å²) in [4.78, 5) is 0. The highest BCUT2D eigenvalue weighted by Gasteiger charge is 2.37. The van der Waals surface area contributed by atoms with E-state index in [2.05, 4.69) is 39.9 Å². The molecule has 1 atom stereocenters. The van der Waals surface area contributed by atoms with Gasteiger partial charge in [0.1, 0.15) is 0 Å².